The molecule has 0 spiro atoms. The summed E-state index contributed by atoms with van der Waals surface area (Å²) < 4.78 is 10.1. The maximum atomic E-state index is 13.6. The summed E-state index contributed by atoms with van der Waals surface area (Å²) in [6.07, 6.45) is -2.23. The molecule has 4 aromatic rings. The SMILES string of the molecule is CC(C)[C@@H](C(=O)N[C@@H](C)C(=O)Nc1ccc(COC(=O)Oc2ccc([N+](=O)[O-])cc2)cc1)N(CC1c2ccccc2-c2ccccc21)C(=O)O. The Morgan fingerprint density at radius 3 is 1.96 bits per heavy atom. The molecule has 0 saturated heterocycles. The van der Waals surface area contributed by atoms with E-state index in [0.717, 1.165) is 27.2 Å². The van der Waals surface area contributed by atoms with E-state index >= 15 is 0 Å². The highest BCUT2D eigenvalue weighted by molar-refractivity contribution is 5.98. The Balaban J connectivity index is 1.16. The molecular formula is C37H36N4O9. The molecule has 4 aromatic carbocycles. The van der Waals surface area contributed by atoms with Gasteiger partial charge in [0, 0.05) is 30.3 Å². The minimum absolute atomic E-state index is 0.0605. The Morgan fingerprint density at radius 1 is 0.840 bits per heavy atom. The molecule has 0 fully saturated rings. The number of nitrogens with one attached hydrogen (secondary N) is 2. The van der Waals surface area contributed by atoms with Gasteiger partial charge in [0.15, 0.2) is 0 Å². The third kappa shape index (κ3) is 8.06. The number of hydrogen-bond donors (Lipinski definition) is 3. The van der Waals surface area contributed by atoms with Gasteiger partial charge in [-0.1, -0.05) is 74.5 Å². The third-order valence-electron chi connectivity index (χ3n) is 8.40. The Labute approximate surface area is 288 Å². The molecule has 1 aliphatic rings. The van der Waals surface area contributed by atoms with Crippen LogP contribution in [0.4, 0.5) is 21.0 Å². The molecular weight excluding hydrogens is 644 g/mol. The summed E-state index contributed by atoms with van der Waals surface area (Å²) in [6.45, 7) is 4.97. The van der Waals surface area contributed by atoms with Crippen LogP contribution < -0.4 is 15.4 Å². The molecule has 0 radical (unpaired) electrons. The van der Waals surface area contributed by atoms with E-state index in [2.05, 4.69) is 10.6 Å². The fraction of sp³-hybridized carbons (Fsp3) is 0.243. The van der Waals surface area contributed by atoms with Crippen LogP contribution in [0.5, 0.6) is 5.75 Å². The van der Waals surface area contributed by atoms with Crippen LogP contribution >= 0.6 is 0 Å². The lowest BCUT2D eigenvalue weighted by atomic mass is 9.94. The van der Waals surface area contributed by atoms with Gasteiger partial charge in [-0.15, -0.1) is 0 Å². The van der Waals surface area contributed by atoms with Crippen molar-refractivity contribution in [2.45, 2.75) is 45.4 Å². The Morgan fingerprint density at radius 2 is 1.42 bits per heavy atom. The predicted molar refractivity (Wildman–Crippen MR) is 184 cm³/mol. The maximum Gasteiger partial charge on any atom is 0.514 e. The number of rotatable bonds is 12. The molecule has 0 saturated carbocycles. The Kier molecular flexibility index (Phi) is 10.7. The van der Waals surface area contributed by atoms with Gasteiger partial charge in [0.1, 0.15) is 24.4 Å². The van der Waals surface area contributed by atoms with Crippen LogP contribution in [0.3, 0.4) is 0 Å². The number of anilines is 1. The fourth-order valence-electron chi connectivity index (χ4n) is 5.97. The molecule has 2 atom stereocenters. The summed E-state index contributed by atoms with van der Waals surface area (Å²) >= 11 is 0. The Bertz CT molecular complexity index is 1850. The third-order valence-corrected chi connectivity index (χ3v) is 8.40. The first-order chi connectivity index (χ1) is 23.9. The summed E-state index contributed by atoms with van der Waals surface area (Å²) in [5.74, 6) is -1.67. The molecule has 1 aliphatic carbocycles. The molecule has 0 aliphatic heterocycles. The van der Waals surface area contributed by atoms with Crippen molar-refractivity contribution in [1.82, 2.24) is 10.2 Å². The number of carbonyl (C=O) groups excluding carboxylic acids is 3. The number of nitro groups is 1. The molecule has 0 heterocycles. The average Bonchev–Trinajstić information content (AvgIpc) is 3.41. The molecule has 3 N–H and O–H groups in total. The van der Waals surface area contributed by atoms with Crippen LogP contribution in [0.2, 0.25) is 0 Å². The first kappa shape index (κ1) is 35.1. The topological polar surface area (TPSA) is 177 Å². The van der Waals surface area contributed by atoms with E-state index < -0.39 is 47.0 Å². The molecule has 3 amide bonds. The highest BCUT2D eigenvalue weighted by Gasteiger charge is 2.38. The number of hydrogen-bond acceptors (Lipinski definition) is 8. The van der Waals surface area contributed by atoms with Crippen molar-refractivity contribution in [3.05, 3.63) is 124 Å². The number of nitrogens with zero attached hydrogens (tertiary/aromatic N) is 2. The molecule has 50 heavy (non-hydrogen) atoms. The zero-order valence-corrected chi connectivity index (χ0v) is 27.6. The average molecular weight is 681 g/mol. The number of non-ortho nitro benzene ring substituents is 1. The molecule has 5 rings (SSSR count). The van der Waals surface area contributed by atoms with Crippen molar-refractivity contribution in [3.63, 3.8) is 0 Å². The van der Waals surface area contributed by atoms with Crippen LogP contribution in [-0.2, 0) is 20.9 Å². The van der Waals surface area contributed by atoms with E-state index in [4.69, 9.17) is 9.47 Å². The Hall–Kier alpha value is -6.24. The van der Waals surface area contributed by atoms with Gasteiger partial charge in [-0.05, 0) is 64.9 Å². The first-order valence-electron chi connectivity index (χ1n) is 15.9. The van der Waals surface area contributed by atoms with Crippen molar-refractivity contribution >= 4 is 35.4 Å². The molecule has 0 bridgehead atoms. The van der Waals surface area contributed by atoms with Crippen LogP contribution in [0.15, 0.2) is 97.1 Å². The molecule has 258 valence electrons. The minimum Gasteiger partial charge on any atom is -0.465 e. The van der Waals surface area contributed by atoms with E-state index in [-0.39, 0.29) is 30.5 Å². The lowest BCUT2D eigenvalue weighted by Gasteiger charge is -2.34. The van der Waals surface area contributed by atoms with Gasteiger partial charge in [0.2, 0.25) is 11.8 Å². The van der Waals surface area contributed by atoms with Crippen LogP contribution in [-0.4, -0.2) is 57.6 Å². The van der Waals surface area contributed by atoms with E-state index in [1.807, 2.05) is 48.5 Å². The lowest BCUT2D eigenvalue weighted by Crippen LogP contribution is -2.56. The summed E-state index contributed by atoms with van der Waals surface area (Å²) in [4.78, 5) is 62.7. The number of nitro benzene ring substituents is 1. The summed E-state index contributed by atoms with van der Waals surface area (Å²) in [6, 6.07) is 25.0. The number of fused-ring (bicyclic) bond motifs is 3. The van der Waals surface area contributed by atoms with Crippen molar-refractivity contribution < 1.29 is 38.7 Å². The smallest absolute Gasteiger partial charge is 0.465 e. The van der Waals surface area contributed by atoms with Crippen molar-refractivity contribution in [1.29, 1.82) is 0 Å². The number of carboxylic acid groups (broad SMARTS) is 1. The molecule has 0 unspecified atom stereocenters. The fourth-order valence-corrected chi connectivity index (χ4v) is 5.97. The van der Waals surface area contributed by atoms with E-state index in [1.165, 1.54) is 31.2 Å². The van der Waals surface area contributed by atoms with Crippen LogP contribution in [0, 0.1) is 16.0 Å². The zero-order valence-electron chi connectivity index (χ0n) is 27.6. The van der Waals surface area contributed by atoms with Gasteiger partial charge in [-0.2, -0.15) is 0 Å². The van der Waals surface area contributed by atoms with Crippen molar-refractivity contribution in [3.8, 4) is 16.9 Å². The monoisotopic (exact) mass is 680 g/mol. The molecule has 0 aromatic heterocycles. The number of amides is 3. The second-order valence-corrected chi connectivity index (χ2v) is 12.2. The number of ether oxygens (including phenoxy) is 2. The molecule has 13 nitrogen and oxygen atoms in total. The van der Waals surface area contributed by atoms with Crippen molar-refractivity contribution in [2.24, 2.45) is 5.92 Å². The zero-order chi connectivity index (χ0) is 35.9. The largest absolute Gasteiger partial charge is 0.514 e. The van der Waals surface area contributed by atoms with Gasteiger partial charge in [0.25, 0.3) is 5.69 Å². The second-order valence-electron chi connectivity index (χ2n) is 12.2. The van der Waals surface area contributed by atoms with Crippen LogP contribution in [0.1, 0.15) is 43.4 Å². The maximum absolute atomic E-state index is 13.6. The van der Waals surface area contributed by atoms with E-state index in [9.17, 15) is 34.4 Å². The quantitative estimate of drug-likeness (QED) is 0.0646. The first-order valence-corrected chi connectivity index (χ1v) is 15.9. The number of benzene rings is 4. The van der Waals surface area contributed by atoms with Gasteiger partial charge >= 0.3 is 12.2 Å². The van der Waals surface area contributed by atoms with Gasteiger partial charge in [-0.3, -0.25) is 24.6 Å². The predicted octanol–water partition coefficient (Wildman–Crippen LogP) is 6.57. The lowest BCUT2D eigenvalue weighted by molar-refractivity contribution is -0.384. The second kappa shape index (κ2) is 15.3. The van der Waals surface area contributed by atoms with Crippen LogP contribution in [0.25, 0.3) is 11.1 Å². The highest BCUT2D eigenvalue weighted by Crippen LogP contribution is 2.45. The normalized spacial score (nSPS) is 13.0. The van der Waals surface area contributed by atoms with Gasteiger partial charge < -0.3 is 25.2 Å². The number of carbonyl (C=O) groups is 4. The summed E-state index contributed by atoms with van der Waals surface area (Å²) in [5.41, 5.74) is 4.93. The summed E-state index contributed by atoms with van der Waals surface area (Å²) in [5, 5.41) is 26.5. The minimum atomic E-state index is -1.23. The summed E-state index contributed by atoms with van der Waals surface area (Å²) in [7, 11) is 0. The van der Waals surface area contributed by atoms with Gasteiger partial charge in [-0.25, -0.2) is 9.59 Å². The highest BCUT2D eigenvalue weighted by atomic mass is 16.7. The van der Waals surface area contributed by atoms with E-state index in [0.29, 0.717) is 11.3 Å². The van der Waals surface area contributed by atoms with Gasteiger partial charge in [0.05, 0.1) is 4.92 Å². The van der Waals surface area contributed by atoms with Crippen molar-refractivity contribution in [2.75, 3.05) is 11.9 Å². The van der Waals surface area contributed by atoms with E-state index in [1.54, 1.807) is 38.1 Å². The standard InChI is InChI=1S/C37H36N4O9/c1-22(2)33(40(36(44)45)20-32-30-10-6-4-8-28(30)29-9-5-7-11-31(29)32)35(43)38-23(3)34(42)39-25-14-12-24(13-15-25)21-49-37(46)50-27-18-16-26(17-19-27)41(47)48/h4-19,22-23,32-33H,20-21H2,1-3H3,(H,38,43)(H,39,42)(H,44,45)/t23-,33-/m0/s1. The molecule has 13 heteroatoms.